The van der Waals surface area contributed by atoms with Crippen LogP contribution in [-0.4, -0.2) is 28.3 Å². The molecule has 1 heterocycles. The molecule has 0 saturated heterocycles. The molecule has 0 aliphatic carbocycles. The molecule has 8 heteroatoms. The van der Waals surface area contributed by atoms with Crippen molar-refractivity contribution in [3.05, 3.63) is 47.8 Å². The van der Waals surface area contributed by atoms with Gasteiger partial charge in [-0.2, -0.15) is 0 Å². The van der Waals surface area contributed by atoms with Crippen molar-refractivity contribution in [3.63, 3.8) is 0 Å². The van der Waals surface area contributed by atoms with E-state index in [2.05, 4.69) is 15.6 Å². The number of aromatic hydroxyl groups is 1. The highest BCUT2D eigenvalue weighted by Crippen LogP contribution is 2.26. The van der Waals surface area contributed by atoms with E-state index < -0.39 is 11.8 Å². The lowest BCUT2D eigenvalue weighted by molar-refractivity contribution is -0.105. The summed E-state index contributed by atoms with van der Waals surface area (Å²) in [4.78, 5) is 37.4. The molecule has 5 N–H and O–H groups in total. The van der Waals surface area contributed by atoms with E-state index in [-0.39, 0.29) is 28.4 Å². The van der Waals surface area contributed by atoms with E-state index in [0.717, 1.165) is 0 Å². The molecule has 0 aliphatic heterocycles. The molecule has 22 heavy (non-hydrogen) atoms. The number of carbonyl (C=O) groups is 3. The van der Waals surface area contributed by atoms with Gasteiger partial charge >= 0.3 is 0 Å². The van der Waals surface area contributed by atoms with Gasteiger partial charge in [0.1, 0.15) is 11.4 Å². The first-order valence-electron chi connectivity index (χ1n) is 6.11. The van der Waals surface area contributed by atoms with Crippen molar-refractivity contribution in [3.8, 4) is 5.75 Å². The summed E-state index contributed by atoms with van der Waals surface area (Å²) in [6.45, 7) is 0. The number of carbonyl (C=O) groups excluding carboxylic acids is 3. The van der Waals surface area contributed by atoms with Crippen LogP contribution in [0.25, 0.3) is 0 Å². The number of nitrogens with one attached hydrogen (secondary N) is 2. The van der Waals surface area contributed by atoms with Crippen LogP contribution < -0.4 is 16.4 Å². The van der Waals surface area contributed by atoms with E-state index in [1.54, 1.807) is 0 Å². The van der Waals surface area contributed by atoms with Crippen LogP contribution in [0.15, 0.2) is 36.5 Å². The molecule has 1 aromatic carbocycles. The van der Waals surface area contributed by atoms with Crippen molar-refractivity contribution in [1.29, 1.82) is 0 Å². The van der Waals surface area contributed by atoms with Crippen LogP contribution in [0.4, 0.5) is 11.4 Å². The predicted octanol–water partition coefficient (Wildman–Crippen LogP) is 0.707. The molecule has 2 aromatic rings. The van der Waals surface area contributed by atoms with Gasteiger partial charge in [0, 0.05) is 12.3 Å². The summed E-state index contributed by atoms with van der Waals surface area (Å²) in [6.07, 6.45) is 1.61. The van der Waals surface area contributed by atoms with E-state index in [0.29, 0.717) is 6.41 Å². The topological polar surface area (TPSA) is 134 Å². The number of pyridine rings is 1. The zero-order valence-corrected chi connectivity index (χ0v) is 11.2. The molecule has 8 nitrogen and oxygen atoms in total. The molecule has 112 valence electrons. The molecule has 2 rings (SSSR count). The first-order chi connectivity index (χ1) is 10.5. The second-order valence-corrected chi connectivity index (χ2v) is 4.24. The summed E-state index contributed by atoms with van der Waals surface area (Å²) < 4.78 is 0. The second kappa shape index (κ2) is 6.35. The number of primary amides is 1. The zero-order chi connectivity index (χ0) is 16.1. The molecule has 3 amide bonds. The van der Waals surface area contributed by atoms with Crippen LogP contribution in [-0.2, 0) is 4.79 Å². The Morgan fingerprint density at radius 1 is 1.18 bits per heavy atom. The Bertz CT molecular complexity index is 728. The number of anilines is 2. The van der Waals surface area contributed by atoms with E-state index in [1.807, 2.05) is 0 Å². The maximum Gasteiger partial charge on any atom is 0.274 e. The number of hydrogen-bond donors (Lipinski definition) is 4. The van der Waals surface area contributed by atoms with Crippen molar-refractivity contribution in [2.75, 3.05) is 10.6 Å². The van der Waals surface area contributed by atoms with Gasteiger partial charge < -0.3 is 21.5 Å². The molecule has 0 fully saturated rings. The largest absolute Gasteiger partial charge is 0.508 e. The fourth-order valence-corrected chi connectivity index (χ4v) is 1.68. The molecule has 0 spiro atoms. The number of nitrogens with zero attached hydrogens (tertiary/aromatic N) is 1. The third kappa shape index (κ3) is 3.37. The summed E-state index contributed by atoms with van der Waals surface area (Å²) in [5, 5.41) is 14.3. The zero-order valence-electron chi connectivity index (χ0n) is 11.2. The minimum atomic E-state index is -0.643. The fourth-order valence-electron chi connectivity index (χ4n) is 1.68. The predicted molar refractivity (Wildman–Crippen MR) is 78.5 cm³/mol. The molecule has 0 atom stereocenters. The van der Waals surface area contributed by atoms with Crippen molar-refractivity contribution < 1.29 is 19.5 Å². The number of rotatable bonds is 5. The molecular formula is C14H12N4O4. The van der Waals surface area contributed by atoms with Gasteiger partial charge in [0.2, 0.25) is 12.3 Å². The third-order valence-electron chi connectivity index (χ3n) is 2.75. The first kappa shape index (κ1) is 15.0. The van der Waals surface area contributed by atoms with Crippen LogP contribution in [0.2, 0.25) is 0 Å². The van der Waals surface area contributed by atoms with Crippen LogP contribution >= 0.6 is 0 Å². The van der Waals surface area contributed by atoms with Gasteiger partial charge in [-0.1, -0.05) is 0 Å². The smallest absolute Gasteiger partial charge is 0.274 e. The van der Waals surface area contributed by atoms with Crippen molar-refractivity contribution in [1.82, 2.24) is 4.98 Å². The molecule has 0 saturated carbocycles. The monoisotopic (exact) mass is 300 g/mol. The van der Waals surface area contributed by atoms with Crippen LogP contribution in [0, 0.1) is 0 Å². The maximum atomic E-state index is 12.1. The summed E-state index contributed by atoms with van der Waals surface area (Å²) >= 11 is 0. The normalized spacial score (nSPS) is 9.82. The Kier molecular flexibility index (Phi) is 4.33. The summed E-state index contributed by atoms with van der Waals surface area (Å²) in [7, 11) is 0. The van der Waals surface area contributed by atoms with Gasteiger partial charge in [-0.05, 0) is 24.3 Å². The second-order valence-electron chi connectivity index (χ2n) is 4.24. The minimum absolute atomic E-state index is 0.0636. The fraction of sp³-hybridized carbons (Fsp3) is 0. The number of phenolic OH excluding ortho intramolecular Hbond substituents is 1. The summed E-state index contributed by atoms with van der Waals surface area (Å²) in [5.41, 5.74) is 5.86. The van der Waals surface area contributed by atoms with Crippen molar-refractivity contribution in [2.24, 2.45) is 5.73 Å². The third-order valence-corrected chi connectivity index (χ3v) is 2.75. The minimum Gasteiger partial charge on any atom is -0.508 e. The highest BCUT2D eigenvalue weighted by molar-refractivity contribution is 6.05. The molecule has 0 aliphatic rings. The van der Waals surface area contributed by atoms with Crippen molar-refractivity contribution in [2.45, 2.75) is 0 Å². The van der Waals surface area contributed by atoms with Gasteiger partial charge in [0.25, 0.3) is 5.91 Å². The molecule has 0 unspecified atom stereocenters. The Morgan fingerprint density at radius 3 is 2.55 bits per heavy atom. The van der Waals surface area contributed by atoms with Gasteiger partial charge in [0.05, 0.1) is 16.9 Å². The van der Waals surface area contributed by atoms with E-state index in [9.17, 15) is 19.5 Å². The lowest BCUT2D eigenvalue weighted by atomic mass is 10.2. The van der Waals surface area contributed by atoms with E-state index >= 15 is 0 Å². The lowest BCUT2D eigenvalue weighted by Gasteiger charge is -2.10. The highest BCUT2D eigenvalue weighted by Gasteiger charge is 2.12. The van der Waals surface area contributed by atoms with Gasteiger partial charge in [0.15, 0.2) is 0 Å². The average Bonchev–Trinajstić information content (AvgIpc) is 2.50. The van der Waals surface area contributed by atoms with Crippen LogP contribution in [0.5, 0.6) is 5.75 Å². The number of amides is 3. The Hall–Kier alpha value is -3.42. The van der Waals surface area contributed by atoms with E-state index in [4.69, 9.17) is 5.73 Å². The quantitative estimate of drug-likeness (QED) is 0.476. The van der Waals surface area contributed by atoms with Gasteiger partial charge in [-0.25, -0.2) is 0 Å². The summed E-state index contributed by atoms with van der Waals surface area (Å²) in [5.74, 6) is -1.25. The standard InChI is InChI=1S/C14H12N4O4/c15-13(21)8-1-3-11(16-6-8)14(22)18-10-4-2-9(20)5-12(10)17-7-19/h1-7,20H,(H2,15,21)(H,17,19)(H,18,22). The number of aromatic nitrogens is 1. The van der Waals surface area contributed by atoms with Crippen molar-refractivity contribution >= 4 is 29.6 Å². The lowest BCUT2D eigenvalue weighted by Crippen LogP contribution is -2.16. The van der Waals surface area contributed by atoms with Gasteiger partial charge in [-0.3, -0.25) is 19.4 Å². The van der Waals surface area contributed by atoms with Gasteiger partial charge in [-0.15, -0.1) is 0 Å². The first-order valence-corrected chi connectivity index (χ1v) is 6.11. The van der Waals surface area contributed by atoms with E-state index in [1.165, 1.54) is 36.5 Å². The summed E-state index contributed by atoms with van der Waals surface area (Å²) in [6, 6.07) is 6.80. The molecule has 0 bridgehead atoms. The maximum absolute atomic E-state index is 12.1. The number of phenols is 1. The number of benzene rings is 1. The Balaban J connectivity index is 2.21. The number of nitrogens with two attached hydrogens (primary N) is 1. The van der Waals surface area contributed by atoms with Crippen LogP contribution in [0.1, 0.15) is 20.8 Å². The van der Waals surface area contributed by atoms with Crippen LogP contribution in [0.3, 0.4) is 0 Å². The molecular weight excluding hydrogens is 288 g/mol. The molecule has 1 aromatic heterocycles. The highest BCUT2D eigenvalue weighted by atomic mass is 16.3. The SMILES string of the molecule is NC(=O)c1ccc(C(=O)Nc2ccc(O)cc2NC=O)nc1. The average molecular weight is 300 g/mol. The Morgan fingerprint density at radius 2 is 1.95 bits per heavy atom. The molecule has 0 radical (unpaired) electrons. The Labute approximate surface area is 125 Å². The number of hydrogen-bond acceptors (Lipinski definition) is 5.